The second-order valence-corrected chi connectivity index (χ2v) is 4.44. The van der Waals surface area contributed by atoms with Crippen LogP contribution >= 0.6 is 0 Å². The molecular formula is C12H18F2N4O. The lowest BCUT2D eigenvalue weighted by Crippen LogP contribution is -2.43. The minimum absolute atomic E-state index is 0.326. The highest BCUT2D eigenvalue weighted by atomic mass is 19.3. The molecule has 106 valence electrons. The Morgan fingerprint density at radius 1 is 1.37 bits per heavy atom. The third-order valence-electron chi connectivity index (χ3n) is 2.91. The Labute approximate surface area is 110 Å². The monoisotopic (exact) mass is 272 g/mol. The molecule has 19 heavy (non-hydrogen) atoms. The Morgan fingerprint density at radius 2 is 2.11 bits per heavy atom. The van der Waals surface area contributed by atoms with Crippen LogP contribution in [0.2, 0.25) is 0 Å². The van der Waals surface area contributed by atoms with Crippen LogP contribution in [0.25, 0.3) is 0 Å². The maximum Gasteiger partial charge on any atom is 0.293 e. The maximum absolute atomic E-state index is 12.9. The normalized spacial score (nSPS) is 16.5. The Morgan fingerprint density at radius 3 is 2.68 bits per heavy atom. The Kier molecular flexibility index (Phi) is 4.49. The Bertz CT molecular complexity index is 393. The first kappa shape index (κ1) is 14.0. The average molecular weight is 272 g/mol. The third kappa shape index (κ3) is 4.00. The Hall–Kier alpha value is -1.47. The van der Waals surface area contributed by atoms with E-state index in [4.69, 9.17) is 10.5 Å². The smallest absolute Gasteiger partial charge is 0.293 e. The molecule has 2 rings (SSSR count). The van der Waals surface area contributed by atoms with Crippen molar-refractivity contribution in [3.8, 4) is 5.75 Å². The van der Waals surface area contributed by atoms with Gasteiger partial charge in [-0.25, -0.2) is 13.8 Å². The molecule has 1 saturated heterocycles. The Balaban J connectivity index is 1.91. The molecule has 2 heterocycles. The molecule has 0 aromatic carbocycles. The van der Waals surface area contributed by atoms with E-state index in [0.29, 0.717) is 5.75 Å². The fraction of sp³-hybridized carbons (Fsp3) is 0.583. The van der Waals surface area contributed by atoms with Gasteiger partial charge in [-0.15, -0.1) is 0 Å². The van der Waals surface area contributed by atoms with E-state index in [1.807, 2.05) is 0 Å². The summed E-state index contributed by atoms with van der Waals surface area (Å²) >= 11 is 0. The second-order valence-electron chi connectivity index (χ2n) is 4.44. The van der Waals surface area contributed by atoms with Crippen molar-refractivity contribution in [2.45, 2.75) is 5.92 Å². The molecule has 5 nitrogen and oxygen atoms in total. The first-order valence-corrected chi connectivity index (χ1v) is 6.23. The van der Waals surface area contributed by atoms with Crippen LogP contribution in [0.3, 0.4) is 0 Å². The predicted octanol–water partition coefficient (Wildman–Crippen LogP) is 0.464. The summed E-state index contributed by atoms with van der Waals surface area (Å²) in [7, 11) is 0. The van der Waals surface area contributed by atoms with Crippen molar-refractivity contribution in [3.63, 3.8) is 0 Å². The van der Waals surface area contributed by atoms with Crippen LogP contribution in [-0.4, -0.2) is 50.2 Å². The van der Waals surface area contributed by atoms with Crippen molar-refractivity contribution >= 4 is 5.82 Å². The van der Waals surface area contributed by atoms with Gasteiger partial charge in [-0.2, -0.15) is 0 Å². The summed E-state index contributed by atoms with van der Waals surface area (Å²) in [5.74, 6) is -1.84. The van der Waals surface area contributed by atoms with Crippen LogP contribution in [0, 0.1) is 0 Å². The molecule has 0 saturated carbocycles. The highest BCUT2D eigenvalue weighted by molar-refractivity contribution is 5.41. The van der Waals surface area contributed by atoms with Gasteiger partial charge in [-0.1, -0.05) is 0 Å². The van der Waals surface area contributed by atoms with E-state index in [9.17, 15) is 8.78 Å². The zero-order chi connectivity index (χ0) is 13.7. The zero-order valence-corrected chi connectivity index (χ0v) is 10.6. The molecule has 1 aromatic rings. The molecule has 0 spiro atoms. The molecule has 0 bridgehead atoms. The summed E-state index contributed by atoms with van der Waals surface area (Å²) in [6, 6.07) is 3.43. The lowest BCUT2D eigenvalue weighted by molar-refractivity contribution is -0.0320. The van der Waals surface area contributed by atoms with Gasteiger partial charge in [0.1, 0.15) is 11.6 Å². The van der Waals surface area contributed by atoms with Crippen molar-refractivity contribution in [1.29, 1.82) is 0 Å². The van der Waals surface area contributed by atoms with Gasteiger partial charge in [0.25, 0.3) is 5.92 Å². The maximum atomic E-state index is 12.9. The molecular weight excluding hydrogens is 254 g/mol. The number of piperazine rings is 1. The fourth-order valence-corrected chi connectivity index (χ4v) is 1.79. The van der Waals surface area contributed by atoms with Gasteiger partial charge >= 0.3 is 0 Å². The summed E-state index contributed by atoms with van der Waals surface area (Å²) in [4.78, 5) is 6.36. The van der Waals surface area contributed by atoms with Crippen LogP contribution in [0.1, 0.15) is 0 Å². The van der Waals surface area contributed by atoms with E-state index < -0.39 is 19.1 Å². The van der Waals surface area contributed by atoms with Crippen LogP contribution < -0.4 is 20.7 Å². The average Bonchev–Trinajstić information content (AvgIpc) is 2.47. The minimum atomic E-state index is -3.00. The van der Waals surface area contributed by atoms with Gasteiger partial charge in [0.05, 0.1) is 12.7 Å². The molecule has 7 heteroatoms. The molecule has 0 unspecified atom stereocenters. The molecule has 0 amide bonds. The standard InChI is InChI=1S/C12H18F2N4O/c13-12(14,8-15)9-19-10-1-2-11(17-7-10)18-5-3-16-4-6-18/h1-2,7,16H,3-6,8-9,15H2. The van der Waals surface area contributed by atoms with Crippen molar-refractivity contribution in [1.82, 2.24) is 10.3 Å². The summed E-state index contributed by atoms with van der Waals surface area (Å²) in [5, 5.41) is 3.25. The number of alkyl halides is 2. The van der Waals surface area contributed by atoms with Gasteiger partial charge < -0.3 is 20.7 Å². The van der Waals surface area contributed by atoms with Gasteiger partial charge in [0.15, 0.2) is 6.61 Å². The largest absolute Gasteiger partial charge is 0.486 e. The number of pyridine rings is 1. The molecule has 3 N–H and O–H groups in total. The summed E-state index contributed by atoms with van der Waals surface area (Å²) in [6.07, 6.45) is 1.46. The number of nitrogens with zero attached hydrogens (tertiary/aromatic N) is 2. The number of nitrogens with one attached hydrogen (secondary N) is 1. The number of ether oxygens (including phenoxy) is 1. The van der Waals surface area contributed by atoms with Gasteiger partial charge in [-0.05, 0) is 12.1 Å². The summed E-state index contributed by atoms with van der Waals surface area (Å²) in [5.41, 5.74) is 4.93. The van der Waals surface area contributed by atoms with Crippen molar-refractivity contribution < 1.29 is 13.5 Å². The van der Waals surface area contributed by atoms with Gasteiger partial charge in [0.2, 0.25) is 0 Å². The number of aromatic nitrogens is 1. The van der Waals surface area contributed by atoms with Crippen LogP contribution in [0.5, 0.6) is 5.75 Å². The summed E-state index contributed by atoms with van der Waals surface area (Å²) in [6.45, 7) is 2.17. The molecule has 0 aliphatic carbocycles. The SMILES string of the molecule is NCC(F)(F)COc1ccc(N2CCNCC2)nc1. The lowest BCUT2D eigenvalue weighted by atomic mass is 10.3. The minimum Gasteiger partial charge on any atom is -0.486 e. The van der Waals surface area contributed by atoms with Crippen molar-refractivity contribution in [2.75, 3.05) is 44.2 Å². The van der Waals surface area contributed by atoms with E-state index in [1.165, 1.54) is 6.20 Å². The first-order valence-electron chi connectivity index (χ1n) is 6.23. The van der Waals surface area contributed by atoms with Crippen LogP contribution in [0.15, 0.2) is 18.3 Å². The van der Waals surface area contributed by atoms with E-state index in [0.717, 1.165) is 32.0 Å². The van der Waals surface area contributed by atoms with E-state index in [1.54, 1.807) is 12.1 Å². The van der Waals surface area contributed by atoms with Crippen molar-refractivity contribution in [2.24, 2.45) is 5.73 Å². The van der Waals surface area contributed by atoms with Gasteiger partial charge in [-0.3, -0.25) is 0 Å². The molecule has 0 radical (unpaired) electrons. The van der Waals surface area contributed by atoms with E-state index in [2.05, 4.69) is 15.2 Å². The number of rotatable bonds is 5. The summed E-state index contributed by atoms with van der Waals surface area (Å²) < 4.78 is 30.8. The first-order chi connectivity index (χ1) is 9.11. The molecule has 0 atom stereocenters. The quantitative estimate of drug-likeness (QED) is 0.815. The predicted molar refractivity (Wildman–Crippen MR) is 68.8 cm³/mol. The second kappa shape index (κ2) is 6.12. The van der Waals surface area contributed by atoms with E-state index in [-0.39, 0.29) is 0 Å². The third-order valence-corrected chi connectivity index (χ3v) is 2.91. The number of halogens is 2. The van der Waals surface area contributed by atoms with Crippen molar-refractivity contribution in [3.05, 3.63) is 18.3 Å². The number of nitrogens with two attached hydrogens (primary N) is 1. The molecule has 1 aliphatic heterocycles. The fourth-order valence-electron chi connectivity index (χ4n) is 1.79. The van der Waals surface area contributed by atoms with Crippen LogP contribution in [0.4, 0.5) is 14.6 Å². The van der Waals surface area contributed by atoms with E-state index >= 15 is 0 Å². The molecule has 1 aliphatic rings. The zero-order valence-electron chi connectivity index (χ0n) is 10.6. The topological polar surface area (TPSA) is 63.4 Å². The number of anilines is 1. The van der Waals surface area contributed by atoms with Gasteiger partial charge in [0, 0.05) is 26.2 Å². The molecule has 1 aromatic heterocycles. The number of hydrogen-bond acceptors (Lipinski definition) is 5. The highest BCUT2D eigenvalue weighted by Gasteiger charge is 2.27. The lowest BCUT2D eigenvalue weighted by Gasteiger charge is -2.28. The molecule has 1 fully saturated rings. The van der Waals surface area contributed by atoms with Crippen LogP contribution in [-0.2, 0) is 0 Å². The number of hydrogen-bond donors (Lipinski definition) is 2. The highest BCUT2D eigenvalue weighted by Crippen LogP contribution is 2.18.